The van der Waals surface area contributed by atoms with Crippen LogP contribution in [-0.2, 0) is 4.74 Å². The fourth-order valence-corrected chi connectivity index (χ4v) is 3.01. The van der Waals surface area contributed by atoms with Crippen LogP contribution in [0, 0.1) is 0 Å². The lowest BCUT2D eigenvalue weighted by Crippen LogP contribution is -2.12. The number of halogens is 1. The van der Waals surface area contributed by atoms with Gasteiger partial charge < -0.3 is 14.8 Å². The molecule has 0 spiro atoms. The average molecular weight is 370 g/mol. The molecule has 0 aliphatic rings. The number of methoxy groups -OCH3 is 1. The Labute approximate surface area is 157 Å². The Morgan fingerprint density at radius 1 is 1.04 bits per heavy atom. The van der Waals surface area contributed by atoms with Crippen molar-refractivity contribution in [3.63, 3.8) is 0 Å². The van der Waals surface area contributed by atoms with Crippen LogP contribution in [-0.4, -0.2) is 26.2 Å². The van der Waals surface area contributed by atoms with E-state index in [2.05, 4.69) is 23.5 Å². The van der Waals surface area contributed by atoms with Crippen molar-refractivity contribution in [1.82, 2.24) is 0 Å². The van der Waals surface area contributed by atoms with Crippen LogP contribution in [0.1, 0.15) is 16.8 Å². The molecule has 0 radical (unpaired) electrons. The first-order valence-electron chi connectivity index (χ1n) is 8.42. The second-order valence-corrected chi connectivity index (χ2v) is 6.17. The van der Waals surface area contributed by atoms with Gasteiger partial charge in [0.15, 0.2) is 0 Å². The van der Waals surface area contributed by atoms with Crippen molar-refractivity contribution in [1.29, 1.82) is 0 Å². The van der Waals surface area contributed by atoms with Gasteiger partial charge in [0.1, 0.15) is 5.75 Å². The van der Waals surface area contributed by atoms with Gasteiger partial charge in [-0.15, -0.1) is 0 Å². The maximum absolute atomic E-state index is 11.8. The van der Waals surface area contributed by atoms with E-state index < -0.39 is 5.97 Å². The van der Waals surface area contributed by atoms with E-state index in [1.54, 1.807) is 18.2 Å². The van der Waals surface area contributed by atoms with Crippen molar-refractivity contribution in [2.24, 2.45) is 0 Å². The zero-order valence-electron chi connectivity index (χ0n) is 14.5. The SMILES string of the molecule is COC(=O)c1cccc(Cl)c1NCCCOc1cccc2ccccc12. The lowest BCUT2D eigenvalue weighted by atomic mass is 10.1. The van der Waals surface area contributed by atoms with E-state index in [1.165, 1.54) is 7.11 Å². The summed E-state index contributed by atoms with van der Waals surface area (Å²) < 4.78 is 10.7. The molecule has 0 aliphatic heterocycles. The molecule has 0 aromatic heterocycles. The molecule has 3 aromatic rings. The van der Waals surface area contributed by atoms with Gasteiger partial charge in [-0.25, -0.2) is 4.79 Å². The number of carbonyl (C=O) groups is 1. The highest BCUT2D eigenvalue weighted by Crippen LogP contribution is 2.27. The first kappa shape index (κ1) is 18.1. The number of esters is 1. The van der Waals surface area contributed by atoms with Gasteiger partial charge in [-0.2, -0.15) is 0 Å². The number of hydrogen-bond acceptors (Lipinski definition) is 4. The fraction of sp³-hybridized carbons (Fsp3) is 0.190. The summed E-state index contributed by atoms with van der Waals surface area (Å²) in [5, 5.41) is 5.95. The molecule has 0 bridgehead atoms. The Morgan fingerprint density at radius 2 is 1.81 bits per heavy atom. The van der Waals surface area contributed by atoms with Crippen molar-refractivity contribution in [3.05, 3.63) is 71.2 Å². The number of anilines is 1. The van der Waals surface area contributed by atoms with E-state index in [4.69, 9.17) is 21.1 Å². The molecule has 0 saturated carbocycles. The molecular weight excluding hydrogens is 350 g/mol. The highest BCUT2D eigenvalue weighted by atomic mass is 35.5. The van der Waals surface area contributed by atoms with E-state index in [0.29, 0.717) is 29.4 Å². The van der Waals surface area contributed by atoms with Gasteiger partial charge in [-0.3, -0.25) is 0 Å². The largest absolute Gasteiger partial charge is 0.493 e. The minimum atomic E-state index is -0.415. The number of carbonyl (C=O) groups excluding carboxylic acids is 1. The molecule has 26 heavy (non-hydrogen) atoms. The van der Waals surface area contributed by atoms with Crippen molar-refractivity contribution in [2.75, 3.05) is 25.6 Å². The minimum absolute atomic E-state index is 0.415. The van der Waals surface area contributed by atoms with Crippen molar-refractivity contribution >= 4 is 34.0 Å². The number of nitrogens with one attached hydrogen (secondary N) is 1. The molecule has 0 saturated heterocycles. The van der Waals surface area contributed by atoms with Gasteiger partial charge in [0.2, 0.25) is 0 Å². The molecule has 0 atom stereocenters. The van der Waals surface area contributed by atoms with Gasteiger partial charge >= 0.3 is 5.97 Å². The second-order valence-electron chi connectivity index (χ2n) is 5.76. The molecular formula is C21H20ClNO3. The number of benzene rings is 3. The predicted octanol–water partition coefficient (Wildman–Crippen LogP) is 5.16. The van der Waals surface area contributed by atoms with Crippen LogP contribution in [0.3, 0.4) is 0 Å². The summed E-state index contributed by atoms with van der Waals surface area (Å²) in [4.78, 5) is 11.8. The molecule has 3 aromatic carbocycles. The Morgan fingerprint density at radius 3 is 2.65 bits per heavy atom. The summed E-state index contributed by atoms with van der Waals surface area (Å²) in [7, 11) is 1.35. The molecule has 0 amide bonds. The topological polar surface area (TPSA) is 47.6 Å². The van der Waals surface area contributed by atoms with Gasteiger partial charge in [0.25, 0.3) is 0 Å². The monoisotopic (exact) mass is 369 g/mol. The molecule has 1 N–H and O–H groups in total. The van der Waals surface area contributed by atoms with Crippen LogP contribution in [0.15, 0.2) is 60.7 Å². The van der Waals surface area contributed by atoms with Crippen molar-refractivity contribution < 1.29 is 14.3 Å². The maximum Gasteiger partial charge on any atom is 0.340 e. The maximum atomic E-state index is 11.8. The molecule has 0 aliphatic carbocycles. The van der Waals surface area contributed by atoms with Crippen molar-refractivity contribution in [2.45, 2.75) is 6.42 Å². The Balaban J connectivity index is 1.57. The normalized spacial score (nSPS) is 10.5. The standard InChI is InChI=1S/C21H20ClNO3/c1-25-21(24)17-10-5-11-18(22)20(17)23-13-6-14-26-19-12-4-8-15-7-2-3-9-16(15)19/h2-5,7-12,23H,6,13-14H2,1H3. The first-order valence-corrected chi connectivity index (χ1v) is 8.80. The third-order valence-corrected chi connectivity index (χ3v) is 4.36. The number of hydrogen-bond donors (Lipinski definition) is 1. The van der Waals surface area contributed by atoms with E-state index in [1.807, 2.05) is 24.3 Å². The highest BCUT2D eigenvalue weighted by Gasteiger charge is 2.14. The molecule has 5 heteroatoms. The van der Waals surface area contributed by atoms with Gasteiger partial charge in [-0.1, -0.05) is 54.1 Å². The van der Waals surface area contributed by atoms with Crippen LogP contribution in [0.25, 0.3) is 10.8 Å². The molecule has 0 fully saturated rings. The average Bonchev–Trinajstić information content (AvgIpc) is 2.68. The third-order valence-electron chi connectivity index (χ3n) is 4.05. The number of para-hydroxylation sites is 1. The minimum Gasteiger partial charge on any atom is -0.493 e. The number of ether oxygens (including phenoxy) is 2. The Hall–Kier alpha value is -2.72. The van der Waals surface area contributed by atoms with E-state index >= 15 is 0 Å². The Bertz CT molecular complexity index is 905. The van der Waals surface area contributed by atoms with E-state index in [9.17, 15) is 4.79 Å². The molecule has 0 unspecified atom stereocenters. The summed E-state index contributed by atoms with van der Waals surface area (Å²) in [5.74, 6) is 0.457. The summed E-state index contributed by atoms with van der Waals surface area (Å²) in [6.07, 6.45) is 0.759. The van der Waals surface area contributed by atoms with Gasteiger partial charge in [0, 0.05) is 11.9 Å². The van der Waals surface area contributed by atoms with E-state index in [-0.39, 0.29) is 0 Å². The van der Waals surface area contributed by atoms with Gasteiger partial charge in [0.05, 0.1) is 30.0 Å². The Kier molecular flexibility index (Phi) is 5.97. The molecule has 3 rings (SSSR count). The van der Waals surface area contributed by atoms with Crippen LogP contribution in [0.2, 0.25) is 5.02 Å². The summed E-state index contributed by atoms with van der Waals surface area (Å²) >= 11 is 6.20. The zero-order valence-corrected chi connectivity index (χ0v) is 15.3. The van der Waals surface area contributed by atoms with Crippen molar-refractivity contribution in [3.8, 4) is 5.75 Å². The molecule has 4 nitrogen and oxygen atoms in total. The molecule has 134 valence electrons. The summed E-state index contributed by atoms with van der Waals surface area (Å²) in [6, 6.07) is 19.3. The smallest absolute Gasteiger partial charge is 0.340 e. The summed E-state index contributed by atoms with van der Waals surface area (Å²) in [5.41, 5.74) is 1.01. The number of rotatable bonds is 7. The van der Waals surface area contributed by atoms with Crippen LogP contribution >= 0.6 is 11.6 Å². The zero-order chi connectivity index (χ0) is 18.4. The first-order chi connectivity index (χ1) is 12.7. The number of fused-ring (bicyclic) bond motifs is 1. The van der Waals surface area contributed by atoms with Crippen LogP contribution in [0.4, 0.5) is 5.69 Å². The lowest BCUT2D eigenvalue weighted by Gasteiger charge is -2.13. The summed E-state index contributed by atoms with van der Waals surface area (Å²) in [6.45, 7) is 1.18. The fourth-order valence-electron chi connectivity index (χ4n) is 2.77. The predicted molar refractivity (Wildman–Crippen MR) is 105 cm³/mol. The van der Waals surface area contributed by atoms with Gasteiger partial charge in [-0.05, 0) is 30.0 Å². The van der Waals surface area contributed by atoms with Crippen LogP contribution in [0.5, 0.6) is 5.75 Å². The third kappa shape index (κ3) is 4.09. The molecule has 0 heterocycles. The lowest BCUT2D eigenvalue weighted by molar-refractivity contribution is 0.0602. The quantitative estimate of drug-likeness (QED) is 0.461. The van der Waals surface area contributed by atoms with Crippen LogP contribution < -0.4 is 10.1 Å². The second kappa shape index (κ2) is 8.59. The highest BCUT2D eigenvalue weighted by molar-refractivity contribution is 6.34. The van der Waals surface area contributed by atoms with E-state index in [0.717, 1.165) is 22.9 Å².